The van der Waals surface area contributed by atoms with E-state index in [0.29, 0.717) is 29.3 Å². The molecule has 37 heavy (non-hydrogen) atoms. The second kappa shape index (κ2) is 10.9. The predicted octanol–water partition coefficient (Wildman–Crippen LogP) is 4.90. The Hall–Kier alpha value is -4.08. The molecule has 0 aliphatic heterocycles. The fourth-order valence-corrected chi connectivity index (χ4v) is 4.51. The summed E-state index contributed by atoms with van der Waals surface area (Å²) in [6.45, 7) is 0.0994. The number of aliphatic hydroxyl groups is 1. The molecule has 5 rings (SSSR count). The zero-order valence-electron chi connectivity index (χ0n) is 19.8. The van der Waals surface area contributed by atoms with Crippen molar-refractivity contribution in [3.63, 3.8) is 0 Å². The number of nitrogens with one attached hydrogen (secondary N) is 2. The normalized spacial score (nSPS) is 11.9. The minimum Gasteiger partial charge on any atom is -0.493 e. The number of ether oxygens (including phenoxy) is 1. The Bertz CT molecular complexity index is 1520. The molecule has 0 aliphatic rings. The van der Waals surface area contributed by atoms with Gasteiger partial charge in [0.15, 0.2) is 0 Å². The maximum absolute atomic E-state index is 13.2. The molecule has 5 aromatic rings. The number of aromatic nitrogens is 4. The highest BCUT2D eigenvalue weighted by molar-refractivity contribution is 9.10. The average Bonchev–Trinajstić information content (AvgIpc) is 3.52. The summed E-state index contributed by atoms with van der Waals surface area (Å²) in [5.41, 5.74) is 3.23. The monoisotopic (exact) mass is 560 g/mol. The number of aromatic amines is 2. The van der Waals surface area contributed by atoms with Crippen molar-refractivity contribution in [2.24, 2.45) is 0 Å². The first kappa shape index (κ1) is 24.6. The number of imidazole rings is 2. The molecular weight excluding hydrogens is 536 g/mol. The zero-order chi connectivity index (χ0) is 25.8. The minimum absolute atomic E-state index is 0.0855. The number of aliphatic hydroxyl groups excluding tert-OH is 1. The standard InChI is InChI=1S/C28H25BrN4O4/c29-21-10-6-19(7-11-21)23-17-30-26(31-23)24(16-18-4-2-1-3-5-18)33-27(35)25(32-28(33)36)20-8-12-22(13-9-20)37-15-14-34/h1-13,17,24,34-35H,14-16H2,(H,30,31)(H,32,36)/t24-/m1/s1. The fourth-order valence-electron chi connectivity index (χ4n) is 4.24. The van der Waals surface area contributed by atoms with Gasteiger partial charge in [0.25, 0.3) is 0 Å². The van der Waals surface area contributed by atoms with Crippen LogP contribution in [0.2, 0.25) is 0 Å². The quantitative estimate of drug-likeness (QED) is 0.204. The lowest BCUT2D eigenvalue weighted by atomic mass is 10.0. The van der Waals surface area contributed by atoms with Crippen molar-refractivity contribution in [3.8, 4) is 34.1 Å². The number of nitrogens with zero attached hydrogens (tertiary/aromatic N) is 2. The molecule has 3 aromatic carbocycles. The first-order valence-corrected chi connectivity index (χ1v) is 12.5. The summed E-state index contributed by atoms with van der Waals surface area (Å²) < 4.78 is 7.72. The van der Waals surface area contributed by atoms with Crippen LogP contribution >= 0.6 is 15.9 Å². The van der Waals surface area contributed by atoms with Gasteiger partial charge in [0.2, 0.25) is 5.88 Å². The minimum atomic E-state index is -0.587. The van der Waals surface area contributed by atoms with Crippen LogP contribution in [0.25, 0.3) is 22.5 Å². The van der Waals surface area contributed by atoms with E-state index in [2.05, 4.69) is 30.9 Å². The molecule has 8 nitrogen and oxygen atoms in total. The topological polar surface area (TPSA) is 116 Å². The third-order valence-electron chi connectivity index (χ3n) is 6.06. The smallest absolute Gasteiger partial charge is 0.329 e. The van der Waals surface area contributed by atoms with Crippen molar-refractivity contribution in [2.75, 3.05) is 13.2 Å². The third kappa shape index (κ3) is 5.37. The molecule has 2 heterocycles. The lowest BCUT2D eigenvalue weighted by molar-refractivity contribution is 0.201. The summed E-state index contributed by atoms with van der Waals surface area (Å²) in [5.74, 6) is 0.950. The maximum atomic E-state index is 13.2. The summed E-state index contributed by atoms with van der Waals surface area (Å²) in [4.78, 5) is 24.0. The van der Waals surface area contributed by atoms with E-state index in [1.165, 1.54) is 4.57 Å². The first-order chi connectivity index (χ1) is 18.0. The Balaban J connectivity index is 1.54. The van der Waals surface area contributed by atoms with Crippen LogP contribution in [-0.2, 0) is 6.42 Å². The van der Waals surface area contributed by atoms with Gasteiger partial charge in [-0.2, -0.15) is 0 Å². The van der Waals surface area contributed by atoms with E-state index in [9.17, 15) is 9.90 Å². The highest BCUT2D eigenvalue weighted by Gasteiger charge is 2.26. The van der Waals surface area contributed by atoms with Gasteiger partial charge in [-0.3, -0.25) is 4.57 Å². The molecule has 2 aromatic heterocycles. The van der Waals surface area contributed by atoms with Crippen LogP contribution in [0.15, 0.2) is 94.3 Å². The van der Waals surface area contributed by atoms with E-state index in [4.69, 9.17) is 9.84 Å². The Labute approximate surface area is 221 Å². The lowest BCUT2D eigenvalue weighted by Crippen LogP contribution is -2.25. The Morgan fingerprint density at radius 2 is 1.65 bits per heavy atom. The van der Waals surface area contributed by atoms with Crippen LogP contribution in [0, 0.1) is 0 Å². The van der Waals surface area contributed by atoms with Crippen molar-refractivity contribution in [3.05, 3.63) is 111 Å². The molecule has 9 heteroatoms. The maximum Gasteiger partial charge on any atom is 0.329 e. The van der Waals surface area contributed by atoms with Gasteiger partial charge in [-0.25, -0.2) is 9.78 Å². The van der Waals surface area contributed by atoms with E-state index < -0.39 is 11.7 Å². The number of hydrogen-bond acceptors (Lipinski definition) is 5. The van der Waals surface area contributed by atoms with Crippen LogP contribution in [0.4, 0.5) is 0 Å². The van der Waals surface area contributed by atoms with Gasteiger partial charge in [0, 0.05) is 16.5 Å². The highest BCUT2D eigenvalue weighted by Crippen LogP contribution is 2.33. The Kier molecular flexibility index (Phi) is 7.25. The zero-order valence-corrected chi connectivity index (χ0v) is 21.4. The van der Waals surface area contributed by atoms with Crippen molar-refractivity contribution in [1.82, 2.24) is 19.5 Å². The summed E-state index contributed by atoms with van der Waals surface area (Å²) in [7, 11) is 0. The van der Waals surface area contributed by atoms with Gasteiger partial charge in [0.1, 0.15) is 29.9 Å². The van der Waals surface area contributed by atoms with Crippen molar-refractivity contribution in [1.29, 1.82) is 0 Å². The van der Waals surface area contributed by atoms with Crippen LogP contribution < -0.4 is 10.4 Å². The Morgan fingerprint density at radius 3 is 2.35 bits per heavy atom. The average molecular weight is 561 g/mol. The van der Waals surface area contributed by atoms with Gasteiger partial charge in [0.05, 0.1) is 18.5 Å². The van der Waals surface area contributed by atoms with Crippen LogP contribution in [0.5, 0.6) is 11.6 Å². The molecule has 0 saturated carbocycles. The number of halogens is 1. The van der Waals surface area contributed by atoms with E-state index in [1.54, 1.807) is 30.5 Å². The number of benzene rings is 3. The van der Waals surface area contributed by atoms with Crippen LogP contribution in [0.1, 0.15) is 17.4 Å². The summed E-state index contributed by atoms with van der Waals surface area (Å²) in [6.07, 6.45) is 2.17. The SMILES string of the molecule is O=c1[nH]c(-c2ccc(OCCO)cc2)c(O)n1[C@H](Cc1ccccc1)c1ncc(-c2ccc(Br)cc2)[nH]1. The summed E-state index contributed by atoms with van der Waals surface area (Å²) in [6, 6.07) is 24.0. The van der Waals surface area contributed by atoms with Crippen LogP contribution in [0.3, 0.4) is 0 Å². The van der Waals surface area contributed by atoms with E-state index in [0.717, 1.165) is 21.3 Å². The molecule has 0 amide bonds. The van der Waals surface area contributed by atoms with E-state index in [1.807, 2.05) is 54.6 Å². The molecule has 1 atom stereocenters. The number of aromatic hydroxyl groups is 1. The predicted molar refractivity (Wildman–Crippen MR) is 145 cm³/mol. The van der Waals surface area contributed by atoms with Gasteiger partial charge in [-0.05, 0) is 47.5 Å². The fraction of sp³-hybridized carbons (Fsp3) is 0.143. The molecule has 0 saturated heterocycles. The molecule has 0 bridgehead atoms. The molecule has 0 spiro atoms. The molecule has 0 unspecified atom stereocenters. The van der Waals surface area contributed by atoms with Gasteiger partial charge < -0.3 is 24.9 Å². The summed E-state index contributed by atoms with van der Waals surface area (Å²) in [5, 5.41) is 20.2. The summed E-state index contributed by atoms with van der Waals surface area (Å²) >= 11 is 3.45. The second-order valence-electron chi connectivity index (χ2n) is 8.49. The Morgan fingerprint density at radius 1 is 0.946 bits per heavy atom. The number of H-pyrrole nitrogens is 2. The number of hydrogen-bond donors (Lipinski definition) is 4. The van der Waals surface area contributed by atoms with Crippen molar-refractivity contribution in [2.45, 2.75) is 12.5 Å². The van der Waals surface area contributed by atoms with E-state index in [-0.39, 0.29) is 19.1 Å². The lowest BCUT2D eigenvalue weighted by Gasteiger charge is -2.17. The van der Waals surface area contributed by atoms with Gasteiger partial charge >= 0.3 is 5.69 Å². The van der Waals surface area contributed by atoms with E-state index >= 15 is 0 Å². The molecule has 4 N–H and O–H groups in total. The second-order valence-corrected chi connectivity index (χ2v) is 9.41. The van der Waals surface area contributed by atoms with Gasteiger partial charge in [-0.1, -0.05) is 58.4 Å². The number of rotatable bonds is 9. The van der Waals surface area contributed by atoms with Crippen molar-refractivity contribution >= 4 is 15.9 Å². The molecule has 0 aliphatic carbocycles. The third-order valence-corrected chi connectivity index (χ3v) is 6.58. The highest BCUT2D eigenvalue weighted by atomic mass is 79.9. The first-order valence-electron chi connectivity index (χ1n) is 11.8. The molecule has 0 fully saturated rings. The van der Waals surface area contributed by atoms with Crippen LogP contribution in [-0.4, -0.2) is 42.9 Å². The van der Waals surface area contributed by atoms with Gasteiger partial charge in [-0.15, -0.1) is 0 Å². The molecule has 188 valence electrons. The van der Waals surface area contributed by atoms with Crippen molar-refractivity contribution < 1.29 is 14.9 Å². The largest absolute Gasteiger partial charge is 0.493 e. The molecular formula is C28H25BrN4O4. The molecule has 0 radical (unpaired) electrons.